The summed E-state index contributed by atoms with van der Waals surface area (Å²) in [5, 5.41) is 2.90. The number of aromatic nitrogens is 1. The summed E-state index contributed by atoms with van der Waals surface area (Å²) >= 11 is 0. The minimum atomic E-state index is -0.359. The van der Waals surface area contributed by atoms with E-state index in [1.807, 2.05) is 31.2 Å². The van der Waals surface area contributed by atoms with E-state index in [9.17, 15) is 9.18 Å². The molecular formula is C23H25FN2O3. The molecule has 1 heterocycles. The number of benzene rings is 2. The lowest BCUT2D eigenvalue weighted by Gasteiger charge is -2.14. The van der Waals surface area contributed by atoms with Crippen LogP contribution in [0.5, 0.6) is 5.75 Å². The SMILES string of the molecule is COCCCNC(=O)c1cc(-c2cccc(OC)c2)n(-c2ccccc2F)c1C. The van der Waals surface area contributed by atoms with E-state index >= 15 is 0 Å². The molecule has 0 bridgehead atoms. The van der Waals surface area contributed by atoms with Gasteiger partial charge in [-0.3, -0.25) is 4.79 Å². The van der Waals surface area contributed by atoms with Gasteiger partial charge in [-0.1, -0.05) is 24.3 Å². The number of rotatable bonds is 8. The zero-order chi connectivity index (χ0) is 20.8. The molecule has 0 atom stereocenters. The molecule has 0 aliphatic rings. The van der Waals surface area contributed by atoms with Crippen LogP contribution in [0.2, 0.25) is 0 Å². The van der Waals surface area contributed by atoms with Crippen LogP contribution in [-0.4, -0.2) is 37.8 Å². The van der Waals surface area contributed by atoms with Gasteiger partial charge in [0.1, 0.15) is 11.6 Å². The van der Waals surface area contributed by atoms with Gasteiger partial charge < -0.3 is 19.4 Å². The summed E-state index contributed by atoms with van der Waals surface area (Å²) in [6, 6.07) is 15.8. The van der Waals surface area contributed by atoms with Crippen LogP contribution < -0.4 is 10.1 Å². The summed E-state index contributed by atoms with van der Waals surface area (Å²) in [5.41, 5.74) is 3.10. The van der Waals surface area contributed by atoms with Crippen molar-refractivity contribution in [2.75, 3.05) is 27.4 Å². The van der Waals surface area contributed by atoms with E-state index < -0.39 is 0 Å². The largest absolute Gasteiger partial charge is 0.497 e. The van der Waals surface area contributed by atoms with Crippen molar-refractivity contribution in [2.24, 2.45) is 0 Å². The number of methoxy groups -OCH3 is 2. The summed E-state index contributed by atoms with van der Waals surface area (Å²) in [7, 11) is 3.22. The molecule has 0 unspecified atom stereocenters. The van der Waals surface area contributed by atoms with Crippen molar-refractivity contribution in [1.29, 1.82) is 0 Å². The predicted octanol–water partition coefficient (Wildman–Crippen LogP) is 4.37. The molecule has 0 spiro atoms. The van der Waals surface area contributed by atoms with E-state index in [1.165, 1.54) is 6.07 Å². The lowest BCUT2D eigenvalue weighted by Crippen LogP contribution is -2.25. The monoisotopic (exact) mass is 396 g/mol. The summed E-state index contributed by atoms with van der Waals surface area (Å²) in [5.74, 6) is 0.132. The molecule has 0 saturated carbocycles. The predicted molar refractivity (Wildman–Crippen MR) is 111 cm³/mol. The van der Waals surface area contributed by atoms with E-state index in [-0.39, 0.29) is 11.7 Å². The molecule has 1 amide bonds. The number of carbonyl (C=O) groups excluding carboxylic acids is 1. The zero-order valence-corrected chi connectivity index (χ0v) is 16.9. The van der Waals surface area contributed by atoms with Crippen molar-refractivity contribution in [3.63, 3.8) is 0 Å². The number of nitrogens with zero attached hydrogens (tertiary/aromatic N) is 1. The van der Waals surface area contributed by atoms with Crippen LogP contribution in [0.25, 0.3) is 16.9 Å². The number of hydrogen-bond donors (Lipinski definition) is 1. The van der Waals surface area contributed by atoms with Crippen LogP contribution in [0.15, 0.2) is 54.6 Å². The van der Waals surface area contributed by atoms with E-state index in [4.69, 9.17) is 9.47 Å². The van der Waals surface area contributed by atoms with Crippen molar-refractivity contribution >= 4 is 5.91 Å². The first-order chi connectivity index (χ1) is 14.1. The fraction of sp³-hybridized carbons (Fsp3) is 0.261. The Morgan fingerprint density at radius 2 is 1.90 bits per heavy atom. The normalized spacial score (nSPS) is 10.8. The molecule has 5 nitrogen and oxygen atoms in total. The smallest absolute Gasteiger partial charge is 0.253 e. The van der Waals surface area contributed by atoms with Crippen molar-refractivity contribution in [2.45, 2.75) is 13.3 Å². The van der Waals surface area contributed by atoms with Crippen LogP contribution in [0.3, 0.4) is 0 Å². The molecule has 152 valence electrons. The first kappa shape index (κ1) is 20.6. The Morgan fingerprint density at radius 1 is 1.10 bits per heavy atom. The fourth-order valence-corrected chi connectivity index (χ4v) is 3.29. The van der Waals surface area contributed by atoms with Crippen molar-refractivity contribution in [1.82, 2.24) is 9.88 Å². The summed E-state index contributed by atoms with van der Waals surface area (Å²) in [6.07, 6.45) is 0.720. The maximum Gasteiger partial charge on any atom is 0.253 e. The molecule has 3 aromatic rings. The third-order valence-electron chi connectivity index (χ3n) is 4.76. The van der Waals surface area contributed by atoms with Gasteiger partial charge in [0.25, 0.3) is 5.91 Å². The number of ether oxygens (including phenoxy) is 2. The molecule has 0 aliphatic heterocycles. The van der Waals surface area contributed by atoms with Crippen LogP contribution in [0.1, 0.15) is 22.5 Å². The Hall–Kier alpha value is -3.12. The number of carbonyl (C=O) groups is 1. The second-order valence-electron chi connectivity index (χ2n) is 6.65. The Bertz CT molecular complexity index is 998. The van der Waals surface area contributed by atoms with Gasteiger partial charge in [0, 0.05) is 31.5 Å². The van der Waals surface area contributed by atoms with Crippen molar-refractivity contribution in [3.05, 3.63) is 71.7 Å². The second-order valence-corrected chi connectivity index (χ2v) is 6.65. The number of halogens is 1. The standard InChI is InChI=1S/C23H25FN2O3/c1-16-19(23(27)25-12-7-13-28-2)15-22(17-8-6-9-18(14-17)29-3)26(16)21-11-5-4-10-20(21)24/h4-6,8-11,14-15H,7,12-13H2,1-3H3,(H,25,27). The van der Waals surface area contributed by atoms with E-state index in [0.717, 1.165) is 12.0 Å². The lowest BCUT2D eigenvalue weighted by molar-refractivity contribution is 0.0948. The van der Waals surface area contributed by atoms with Crippen molar-refractivity contribution < 1.29 is 18.7 Å². The molecule has 29 heavy (non-hydrogen) atoms. The van der Waals surface area contributed by atoms with Gasteiger partial charge in [-0.2, -0.15) is 0 Å². The zero-order valence-electron chi connectivity index (χ0n) is 16.9. The topological polar surface area (TPSA) is 52.5 Å². The van der Waals surface area contributed by atoms with Gasteiger partial charge >= 0.3 is 0 Å². The van der Waals surface area contributed by atoms with Crippen LogP contribution in [-0.2, 0) is 4.74 Å². The van der Waals surface area contributed by atoms with Crippen molar-refractivity contribution in [3.8, 4) is 22.7 Å². The molecular weight excluding hydrogens is 371 g/mol. The first-order valence-corrected chi connectivity index (χ1v) is 9.45. The molecule has 0 saturated heterocycles. The number of nitrogens with one attached hydrogen (secondary N) is 1. The molecule has 1 N–H and O–H groups in total. The van der Waals surface area contributed by atoms with Crippen LogP contribution in [0.4, 0.5) is 4.39 Å². The lowest BCUT2D eigenvalue weighted by atomic mass is 10.1. The maximum atomic E-state index is 14.6. The summed E-state index contributed by atoms with van der Waals surface area (Å²) < 4.78 is 26.8. The van der Waals surface area contributed by atoms with Gasteiger partial charge in [0.05, 0.1) is 24.1 Å². The van der Waals surface area contributed by atoms with E-state index in [2.05, 4.69) is 5.32 Å². The van der Waals surface area contributed by atoms with E-state index in [1.54, 1.807) is 43.1 Å². The molecule has 3 rings (SSSR count). The highest BCUT2D eigenvalue weighted by Gasteiger charge is 2.21. The minimum absolute atomic E-state index is 0.196. The summed E-state index contributed by atoms with van der Waals surface area (Å²) in [4.78, 5) is 12.8. The average molecular weight is 396 g/mol. The Morgan fingerprint density at radius 3 is 2.62 bits per heavy atom. The molecule has 1 aromatic heterocycles. The Kier molecular flexibility index (Phi) is 6.67. The first-order valence-electron chi connectivity index (χ1n) is 9.45. The van der Waals surface area contributed by atoms with Gasteiger partial charge in [0.15, 0.2) is 0 Å². The minimum Gasteiger partial charge on any atom is -0.497 e. The van der Waals surface area contributed by atoms with Crippen LogP contribution >= 0.6 is 0 Å². The molecule has 6 heteroatoms. The second kappa shape index (κ2) is 9.39. The highest BCUT2D eigenvalue weighted by Crippen LogP contribution is 2.32. The molecule has 2 aromatic carbocycles. The highest BCUT2D eigenvalue weighted by molar-refractivity contribution is 5.97. The molecule has 0 fully saturated rings. The Balaban J connectivity index is 2.08. The summed E-state index contributed by atoms with van der Waals surface area (Å²) in [6.45, 7) is 2.90. The fourth-order valence-electron chi connectivity index (χ4n) is 3.29. The average Bonchev–Trinajstić information content (AvgIpc) is 3.08. The number of para-hydroxylation sites is 1. The quantitative estimate of drug-likeness (QED) is 0.576. The maximum absolute atomic E-state index is 14.6. The van der Waals surface area contributed by atoms with E-state index in [0.29, 0.717) is 41.5 Å². The third kappa shape index (κ3) is 4.49. The van der Waals surface area contributed by atoms with Gasteiger partial charge in [-0.25, -0.2) is 4.39 Å². The van der Waals surface area contributed by atoms with Gasteiger partial charge in [-0.15, -0.1) is 0 Å². The van der Waals surface area contributed by atoms with Gasteiger partial charge in [-0.05, 0) is 43.7 Å². The van der Waals surface area contributed by atoms with Crippen LogP contribution in [0, 0.1) is 12.7 Å². The highest BCUT2D eigenvalue weighted by atomic mass is 19.1. The number of amides is 1. The molecule has 0 aliphatic carbocycles. The molecule has 0 radical (unpaired) electrons. The van der Waals surface area contributed by atoms with Gasteiger partial charge in [0.2, 0.25) is 0 Å². The Labute approximate surface area is 170 Å². The third-order valence-corrected chi connectivity index (χ3v) is 4.76. The number of hydrogen-bond acceptors (Lipinski definition) is 3.